The minimum Gasteiger partial charge on any atom is -0.506 e. The van der Waals surface area contributed by atoms with Crippen LogP contribution in [0.4, 0.5) is 5.69 Å². The maximum Gasteiger partial charge on any atom is 0.275 e. The first kappa shape index (κ1) is 19.2. The number of nitro benzene ring substituents is 1. The molecule has 2 aromatic carbocycles. The molecule has 0 bridgehead atoms. The molecule has 2 aromatic rings. The number of carbonyl (C=O) groups excluding carboxylic acids is 1. The molecule has 0 saturated heterocycles. The predicted octanol–water partition coefficient (Wildman–Crippen LogP) is 2.84. The molecule has 0 radical (unpaired) electrons. The van der Waals surface area contributed by atoms with Crippen molar-refractivity contribution < 1.29 is 24.3 Å². The minimum atomic E-state index is -0.705. The van der Waals surface area contributed by atoms with E-state index >= 15 is 0 Å². The van der Waals surface area contributed by atoms with Gasteiger partial charge >= 0.3 is 0 Å². The number of carbonyl (C=O) groups is 1. The zero-order chi connectivity index (χ0) is 19.3. The van der Waals surface area contributed by atoms with Gasteiger partial charge < -0.3 is 14.6 Å². The number of benzene rings is 2. The van der Waals surface area contributed by atoms with Crippen molar-refractivity contribution in [3.63, 3.8) is 0 Å². The molecule has 0 heterocycles. The fraction of sp³-hybridized carbons (Fsp3) is 0.125. The number of hydrazone groups is 1. The standard InChI is InChI=1S/C16H14BrN3O6/c1-25-11-5-9(15(21)13(17)7-11)8-18-19-16(22)12-6-10(20(23)24)3-4-14(12)26-2/h3-8,21H,1-2H3,(H,19,22)/b18-8-. The Labute approximate surface area is 156 Å². The number of nitro groups is 1. The van der Waals surface area contributed by atoms with E-state index in [-0.39, 0.29) is 22.7 Å². The van der Waals surface area contributed by atoms with E-state index in [9.17, 15) is 20.0 Å². The lowest BCUT2D eigenvalue weighted by atomic mass is 10.1. The average molecular weight is 424 g/mol. The number of nitrogens with one attached hydrogen (secondary N) is 1. The van der Waals surface area contributed by atoms with Gasteiger partial charge in [0.25, 0.3) is 11.6 Å². The van der Waals surface area contributed by atoms with Crippen LogP contribution in [0.5, 0.6) is 17.2 Å². The van der Waals surface area contributed by atoms with Crippen molar-refractivity contribution in [2.75, 3.05) is 14.2 Å². The molecule has 1 amide bonds. The van der Waals surface area contributed by atoms with Crippen LogP contribution in [-0.2, 0) is 0 Å². The Balaban J connectivity index is 2.24. The van der Waals surface area contributed by atoms with Gasteiger partial charge in [-0.1, -0.05) is 0 Å². The number of phenols is 1. The van der Waals surface area contributed by atoms with Gasteiger partial charge in [0, 0.05) is 17.7 Å². The molecule has 0 aromatic heterocycles. The van der Waals surface area contributed by atoms with Gasteiger partial charge in [0.2, 0.25) is 0 Å². The van der Waals surface area contributed by atoms with Gasteiger partial charge in [-0.3, -0.25) is 14.9 Å². The van der Waals surface area contributed by atoms with Crippen molar-refractivity contribution in [1.82, 2.24) is 5.43 Å². The Morgan fingerprint density at radius 2 is 2.04 bits per heavy atom. The molecule has 10 heteroatoms. The SMILES string of the molecule is COc1cc(Br)c(O)c(/C=N\NC(=O)c2cc([N+](=O)[O-])ccc2OC)c1. The van der Waals surface area contributed by atoms with E-state index in [4.69, 9.17) is 9.47 Å². The summed E-state index contributed by atoms with van der Waals surface area (Å²) in [6.45, 7) is 0. The second-order valence-electron chi connectivity index (χ2n) is 4.89. The first-order chi connectivity index (χ1) is 12.4. The Hall–Kier alpha value is -3.14. The van der Waals surface area contributed by atoms with Crippen LogP contribution < -0.4 is 14.9 Å². The Morgan fingerprint density at radius 1 is 1.31 bits per heavy atom. The third kappa shape index (κ3) is 4.28. The fourth-order valence-electron chi connectivity index (χ4n) is 2.02. The first-order valence-electron chi connectivity index (χ1n) is 7.09. The van der Waals surface area contributed by atoms with Crippen molar-refractivity contribution >= 4 is 33.7 Å². The van der Waals surface area contributed by atoms with E-state index in [0.29, 0.717) is 15.8 Å². The van der Waals surface area contributed by atoms with Crippen LogP contribution in [-0.4, -0.2) is 36.4 Å². The molecule has 0 saturated carbocycles. The average Bonchev–Trinajstić information content (AvgIpc) is 2.64. The van der Waals surface area contributed by atoms with E-state index in [0.717, 1.165) is 6.07 Å². The largest absolute Gasteiger partial charge is 0.506 e. The Morgan fingerprint density at radius 3 is 2.65 bits per heavy atom. The van der Waals surface area contributed by atoms with Crippen LogP contribution in [0.25, 0.3) is 0 Å². The van der Waals surface area contributed by atoms with Crippen molar-refractivity contribution in [1.29, 1.82) is 0 Å². The topological polar surface area (TPSA) is 123 Å². The van der Waals surface area contributed by atoms with E-state index in [1.165, 1.54) is 38.6 Å². The number of aromatic hydroxyl groups is 1. The third-order valence-electron chi connectivity index (χ3n) is 3.31. The van der Waals surface area contributed by atoms with Gasteiger partial charge in [0.05, 0.1) is 35.4 Å². The van der Waals surface area contributed by atoms with Crippen LogP contribution in [0.3, 0.4) is 0 Å². The molecule has 2 rings (SSSR count). The number of nitrogens with zero attached hydrogens (tertiary/aromatic N) is 2. The number of amides is 1. The smallest absolute Gasteiger partial charge is 0.275 e. The van der Waals surface area contributed by atoms with Gasteiger partial charge in [0.15, 0.2) is 0 Å². The molecule has 26 heavy (non-hydrogen) atoms. The molecule has 0 fully saturated rings. The number of hydrogen-bond donors (Lipinski definition) is 2. The normalized spacial score (nSPS) is 10.6. The van der Waals surface area contributed by atoms with Crippen LogP contribution in [0.2, 0.25) is 0 Å². The minimum absolute atomic E-state index is 0.0464. The molecule has 2 N–H and O–H groups in total. The summed E-state index contributed by atoms with van der Waals surface area (Å²) in [6.07, 6.45) is 1.21. The van der Waals surface area contributed by atoms with Gasteiger partial charge in [-0.05, 0) is 34.1 Å². The summed E-state index contributed by atoms with van der Waals surface area (Å²) in [5.41, 5.74) is 2.23. The number of non-ortho nitro benzene ring substituents is 1. The highest BCUT2D eigenvalue weighted by molar-refractivity contribution is 9.10. The number of phenolic OH excluding ortho intramolecular Hbond substituents is 1. The maximum absolute atomic E-state index is 12.2. The lowest BCUT2D eigenvalue weighted by Gasteiger charge is -2.07. The summed E-state index contributed by atoms with van der Waals surface area (Å²) in [4.78, 5) is 22.5. The highest BCUT2D eigenvalue weighted by Gasteiger charge is 2.17. The Kier molecular flexibility index (Phi) is 6.12. The molecule has 0 atom stereocenters. The quantitative estimate of drug-likeness (QED) is 0.418. The molecular weight excluding hydrogens is 410 g/mol. The number of halogens is 1. The zero-order valence-corrected chi connectivity index (χ0v) is 15.3. The second kappa shape index (κ2) is 8.30. The van der Waals surface area contributed by atoms with E-state index < -0.39 is 10.8 Å². The predicted molar refractivity (Wildman–Crippen MR) is 97.1 cm³/mol. The zero-order valence-electron chi connectivity index (χ0n) is 13.7. The highest BCUT2D eigenvalue weighted by Crippen LogP contribution is 2.31. The molecule has 9 nitrogen and oxygen atoms in total. The van der Waals surface area contributed by atoms with Crippen molar-refractivity contribution in [2.24, 2.45) is 5.10 Å². The summed E-state index contributed by atoms with van der Waals surface area (Å²) in [5.74, 6) is -0.155. The fourth-order valence-corrected chi connectivity index (χ4v) is 2.47. The molecule has 136 valence electrons. The van der Waals surface area contributed by atoms with Crippen molar-refractivity contribution in [3.05, 3.63) is 56.0 Å². The van der Waals surface area contributed by atoms with E-state index in [1.54, 1.807) is 6.07 Å². The van der Waals surface area contributed by atoms with Crippen LogP contribution in [0.15, 0.2) is 39.9 Å². The summed E-state index contributed by atoms with van der Waals surface area (Å²) >= 11 is 3.18. The summed E-state index contributed by atoms with van der Waals surface area (Å²) in [5, 5.41) is 24.6. The van der Waals surface area contributed by atoms with Crippen LogP contribution in [0.1, 0.15) is 15.9 Å². The molecule has 0 aliphatic rings. The lowest BCUT2D eigenvalue weighted by molar-refractivity contribution is -0.384. The van der Waals surface area contributed by atoms with Crippen LogP contribution >= 0.6 is 15.9 Å². The molecule has 0 spiro atoms. The molecular formula is C16H14BrN3O6. The highest BCUT2D eigenvalue weighted by atomic mass is 79.9. The molecule has 0 aliphatic carbocycles. The van der Waals surface area contributed by atoms with Gasteiger partial charge in [-0.25, -0.2) is 5.43 Å². The summed E-state index contributed by atoms with van der Waals surface area (Å²) in [6, 6.07) is 6.72. The second-order valence-corrected chi connectivity index (χ2v) is 5.74. The third-order valence-corrected chi connectivity index (χ3v) is 3.91. The monoisotopic (exact) mass is 423 g/mol. The van der Waals surface area contributed by atoms with Crippen LogP contribution in [0, 0.1) is 10.1 Å². The Bertz CT molecular complexity index is 885. The van der Waals surface area contributed by atoms with E-state index in [2.05, 4.69) is 26.5 Å². The van der Waals surface area contributed by atoms with Crippen molar-refractivity contribution in [3.8, 4) is 17.2 Å². The lowest BCUT2D eigenvalue weighted by Crippen LogP contribution is -2.18. The van der Waals surface area contributed by atoms with Gasteiger partial charge in [-0.2, -0.15) is 5.10 Å². The number of hydrogen-bond acceptors (Lipinski definition) is 7. The number of rotatable bonds is 6. The van der Waals surface area contributed by atoms with Gasteiger partial charge in [-0.15, -0.1) is 0 Å². The molecule has 0 aliphatic heterocycles. The molecule has 0 unspecified atom stereocenters. The van der Waals surface area contributed by atoms with Gasteiger partial charge in [0.1, 0.15) is 17.2 Å². The number of methoxy groups -OCH3 is 2. The number of ether oxygens (including phenoxy) is 2. The first-order valence-corrected chi connectivity index (χ1v) is 7.89. The summed E-state index contributed by atoms with van der Waals surface area (Å²) in [7, 11) is 2.81. The van der Waals surface area contributed by atoms with E-state index in [1.807, 2.05) is 0 Å². The maximum atomic E-state index is 12.2. The van der Waals surface area contributed by atoms with Crippen molar-refractivity contribution in [2.45, 2.75) is 0 Å². The summed E-state index contributed by atoms with van der Waals surface area (Å²) < 4.78 is 10.5.